The summed E-state index contributed by atoms with van der Waals surface area (Å²) in [6.07, 6.45) is 1.04. The maximum Gasteiger partial charge on any atom is 0.161 e. The molecule has 2 aromatic rings. The van der Waals surface area contributed by atoms with Crippen molar-refractivity contribution in [3.63, 3.8) is 0 Å². The SMILES string of the molecule is CCc1ccc(-n2c(C)cc(C(C)=O)c2C)cc1. The molecule has 2 rings (SSSR count). The van der Waals surface area contributed by atoms with Crippen LogP contribution in [0.1, 0.15) is 41.2 Å². The Labute approximate surface area is 108 Å². The number of hydrogen-bond donors (Lipinski definition) is 0. The van der Waals surface area contributed by atoms with Gasteiger partial charge in [0.05, 0.1) is 0 Å². The molecule has 1 aromatic carbocycles. The van der Waals surface area contributed by atoms with E-state index < -0.39 is 0 Å². The molecule has 1 heterocycles. The van der Waals surface area contributed by atoms with Crippen LogP contribution in [0.25, 0.3) is 5.69 Å². The van der Waals surface area contributed by atoms with Crippen molar-refractivity contribution in [2.75, 3.05) is 0 Å². The van der Waals surface area contributed by atoms with Crippen LogP contribution in [-0.4, -0.2) is 10.4 Å². The average Bonchev–Trinajstić information content (AvgIpc) is 2.65. The molecule has 0 amide bonds. The maximum atomic E-state index is 11.6. The Morgan fingerprint density at radius 2 is 1.78 bits per heavy atom. The zero-order chi connectivity index (χ0) is 13.3. The standard InChI is InChI=1S/C16H19NO/c1-5-14-6-8-15(9-7-14)17-11(2)10-16(12(17)3)13(4)18/h6-10H,5H2,1-4H3. The van der Waals surface area contributed by atoms with Crippen LogP contribution in [0.2, 0.25) is 0 Å². The third-order valence-corrected chi connectivity index (χ3v) is 3.41. The lowest BCUT2D eigenvalue weighted by Crippen LogP contribution is -2.01. The molecule has 0 saturated heterocycles. The largest absolute Gasteiger partial charge is 0.318 e. The number of carbonyl (C=O) groups is 1. The van der Waals surface area contributed by atoms with Crippen LogP contribution < -0.4 is 0 Å². The van der Waals surface area contributed by atoms with E-state index in [9.17, 15) is 4.79 Å². The normalized spacial score (nSPS) is 10.7. The number of nitrogens with zero attached hydrogens (tertiary/aromatic N) is 1. The fraction of sp³-hybridized carbons (Fsp3) is 0.312. The number of carbonyl (C=O) groups excluding carboxylic acids is 1. The molecule has 0 aliphatic rings. The average molecular weight is 241 g/mol. The van der Waals surface area contributed by atoms with E-state index in [1.807, 2.05) is 19.9 Å². The van der Waals surface area contributed by atoms with Crippen molar-refractivity contribution in [2.24, 2.45) is 0 Å². The van der Waals surface area contributed by atoms with Crippen LogP contribution in [-0.2, 0) is 6.42 Å². The minimum Gasteiger partial charge on any atom is -0.318 e. The molecule has 2 heteroatoms. The first-order chi connectivity index (χ1) is 8.54. The number of aryl methyl sites for hydroxylation is 2. The van der Waals surface area contributed by atoms with Gasteiger partial charge in [0.25, 0.3) is 0 Å². The summed E-state index contributed by atoms with van der Waals surface area (Å²) in [6, 6.07) is 10.5. The highest BCUT2D eigenvalue weighted by atomic mass is 16.1. The summed E-state index contributed by atoms with van der Waals surface area (Å²) in [4.78, 5) is 11.6. The Bertz CT molecular complexity index is 576. The number of rotatable bonds is 3. The van der Waals surface area contributed by atoms with Crippen molar-refractivity contribution >= 4 is 5.78 Å². The van der Waals surface area contributed by atoms with Gasteiger partial charge in [-0.15, -0.1) is 0 Å². The summed E-state index contributed by atoms with van der Waals surface area (Å²) >= 11 is 0. The molecular formula is C16H19NO. The zero-order valence-electron chi connectivity index (χ0n) is 11.4. The van der Waals surface area contributed by atoms with E-state index >= 15 is 0 Å². The molecule has 0 unspecified atom stereocenters. The van der Waals surface area contributed by atoms with Crippen LogP contribution in [0, 0.1) is 13.8 Å². The summed E-state index contributed by atoms with van der Waals surface area (Å²) < 4.78 is 2.14. The van der Waals surface area contributed by atoms with Gasteiger partial charge in [-0.1, -0.05) is 19.1 Å². The molecule has 0 aliphatic heterocycles. The lowest BCUT2D eigenvalue weighted by molar-refractivity contribution is 0.101. The maximum absolute atomic E-state index is 11.6. The van der Waals surface area contributed by atoms with Gasteiger partial charge in [-0.2, -0.15) is 0 Å². The van der Waals surface area contributed by atoms with Crippen molar-refractivity contribution in [1.29, 1.82) is 0 Å². The van der Waals surface area contributed by atoms with E-state index in [1.165, 1.54) is 5.56 Å². The molecule has 0 fully saturated rings. The fourth-order valence-electron chi connectivity index (χ4n) is 2.40. The van der Waals surface area contributed by atoms with E-state index in [0.29, 0.717) is 0 Å². The quantitative estimate of drug-likeness (QED) is 0.748. The smallest absolute Gasteiger partial charge is 0.161 e. The van der Waals surface area contributed by atoms with Gasteiger partial charge >= 0.3 is 0 Å². The molecule has 18 heavy (non-hydrogen) atoms. The molecule has 0 N–H and O–H groups in total. The number of benzene rings is 1. The molecule has 0 bridgehead atoms. The number of aromatic nitrogens is 1. The highest BCUT2D eigenvalue weighted by molar-refractivity contribution is 5.95. The molecular weight excluding hydrogens is 222 g/mol. The van der Waals surface area contributed by atoms with Crippen LogP contribution in [0.5, 0.6) is 0 Å². The van der Waals surface area contributed by atoms with Crippen molar-refractivity contribution in [1.82, 2.24) is 4.57 Å². The lowest BCUT2D eigenvalue weighted by Gasteiger charge is -2.10. The Balaban J connectivity index is 2.53. The molecule has 0 saturated carbocycles. The van der Waals surface area contributed by atoms with E-state index in [0.717, 1.165) is 29.1 Å². The number of ketones is 1. The van der Waals surface area contributed by atoms with Gasteiger partial charge < -0.3 is 4.57 Å². The van der Waals surface area contributed by atoms with E-state index in [-0.39, 0.29) is 5.78 Å². The summed E-state index contributed by atoms with van der Waals surface area (Å²) in [7, 11) is 0. The van der Waals surface area contributed by atoms with Crippen LogP contribution in [0.3, 0.4) is 0 Å². The Morgan fingerprint density at radius 3 is 2.22 bits per heavy atom. The van der Waals surface area contributed by atoms with Gasteiger partial charge in [-0.25, -0.2) is 0 Å². The van der Waals surface area contributed by atoms with Crippen molar-refractivity contribution in [3.8, 4) is 5.69 Å². The van der Waals surface area contributed by atoms with Crippen molar-refractivity contribution < 1.29 is 4.79 Å². The van der Waals surface area contributed by atoms with Gasteiger partial charge in [0, 0.05) is 22.6 Å². The molecule has 0 radical (unpaired) electrons. The minimum absolute atomic E-state index is 0.125. The first-order valence-corrected chi connectivity index (χ1v) is 6.33. The summed E-state index contributed by atoms with van der Waals surface area (Å²) in [5, 5.41) is 0. The molecule has 94 valence electrons. The molecule has 0 aliphatic carbocycles. The Morgan fingerprint density at radius 1 is 1.17 bits per heavy atom. The summed E-state index contributed by atoms with van der Waals surface area (Å²) in [6.45, 7) is 7.80. The topological polar surface area (TPSA) is 22.0 Å². The van der Waals surface area contributed by atoms with Crippen molar-refractivity contribution in [2.45, 2.75) is 34.1 Å². The van der Waals surface area contributed by atoms with Gasteiger partial charge in [-0.05, 0) is 51.0 Å². The van der Waals surface area contributed by atoms with Gasteiger partial charge in [0.15, 0.2) is 5.78 Å². The first kappa shape index (κ1) is 12.6. The van der Waals surface area contributed by atoms with E-state index in [1.54, 1.807) is 6.92 Å². The second-order valence-electron chi connectivity index (χ2n) is 4.70. The third kappa shape index (κ3) is 2.10. The monoisotopic (exact) mass is 241 g/mol. The predicted molar refractivity (Wildman–Crippen MR) is 74.6 cm³/mol. The van der Waals surface area contributed by atoms with Gasteiger partial charge in [0.1, 0.15) is 0 Å². The minimum atomic E-state index is 0.125. The van der Waals surface area contributed by atoms with Gasteiger partial charge in [0.2, 0.25) is 0 Å². The zero-order valence-corrected chi connectivity index (χ0v) is 11.4. The predicted octanol–water partition coefficient (Wildman–Crippen LogP) is 3.86. The lowest BCUT2D eigenvalue weighted by atomic mass is 10.1. The second kappa shape index (κ2) is 4.81. The first-order valence-electron chi connectivity index (χ1n) is 6.33. The van der Waals surface area contributed by atoms with E-state index in [2.05, 4.69) is 35.8 Å². The fourth-order valence-corrected chi connectivity index (χ4v) is 2.40. The summed E-state index contributed by atoms with van der Waals surface area (Å²) in [5.41, 5.74) is 5.38. The van der Waals surface area contributed by atoms with Gasteiger partial charge in [-0.3, -0.25) is 4.79 Å². The number of hydrogen-bond acceptors (Lipinski definition) is 1. The number of Topliss-reactive ketones (excluding diaryl/α,β-unsaturated/α-hetero) is 1. The highest BCUT2D eigenvalue weighted by Gasteiger charge is 2.13. The summed E-state index contributed by atoms with van der Waals surface area (Å²) in [5.74, 6) is 0.125. The molecule has 2 nitrogen and oxygen atoms in total. The molecule has 1 aromatic heterocycles. The molecule has 0 spiro atoms. The van der Waals surface area contributed by atoms with E-state index in [4.69, 9.17) is 0 Å². The van der Waals surface area contributed by atoms with Crippen LogP contribution in [0.4, 0.5) is 0 Å². The molecule has 0 atom stereocenters. The second-order valence-corrected chi connectivity index (χ2v) is 4.70. The van der Waals surface area contributed by atoms with Crippen LogP contribution >= 0.6 is 0 Å². The third-order valence-electron chi connectivity index (χ3n) is 3.41. The van der Waals surface area contributed by atoms with Crippen molar-refractivity contribution in [3.05, 3.63) is 52.8 Å². The highest BCUT2D eigenvalue weighted by Crippen LogP contribution is 2.21. The Hall–Kier alpha value is -1.83. The Kier molecular flexibility index (Phi) is 3.37. The van der Waals surface area contributed by atoms with Crippen LogP contribution in [0.15, 0.2) is 30.3 Å².